The highest BCUT2D eigenvalue weighted by Gasteiger charge is 2.24. The Hall–Kier alpha value is -2.20. The predicted molar refractivity (Wildman–Crippen MR) is 104 cm³/mol. The molecule has 1 N–H and O–H groups in total. The lowest BCUT2D eigenvalue weighted by atomic mass is 9.89. The number of benzene rings is 2. The van der Waals surface area contributed by atoms with E-state index in [2.05, 4.69) is 49.5 Å². The first-order chi connectivity index (χ1) is 12.6. The molecule has 0 saturated carbocycles. The van der Waals surface area contributed by atoms with E-state index in [4.69, 9.17) is 14.2 Å². The van der Waals surface area contributed by atoms with Crippen molar-refractivity contribution in [1.29, 1.82) is 0 Å². The van der Waals surface area contributed by atoms with E-state index >= 15 is 0 Å². The summed E-state index contributed by atoms with van der Waals surface area (Å²) in [6.07, 6.45) is 0.984. The highest BCUT2D eigenvalue weighted by atomic mass is 16.5. The molecule has 2 aromatic rings. The van der Waals surface area contributed by atoms with Gasteiger partial charge < -0.3 is 19.5 Å². The van der Waals surface area contributed by atoms with Crippen molar-refractivity contribution in [3.63, 3.8) is 0 Å². The summed E-state index contributed by atoms with van der Waals surface area (Å²) in [5.41, 5.74) is 3.77. The van der Waals surface area contributed by atoms with Gasteiger partial charge in [-0.05, 0) is 60.2 Å². The van der Waals surface area contributed by atoms with Gasteiger partial charge in [-0.2, -0.15) is 0 Å². The molecule has 0 aromatic heterocycles. The van der Waals surface area contributed by atoms with Crippen molar-refractivity contribution < 1.29 is 14.2 Å². The smallest absolute Gasteiger partial charge is 0.161 e. The molecule has 1 aliphatic rings. The van der Waals surface area contributed by atoms with Gasteiger partial charge in [0.2, 0.25) is 0 Å². The molecule has 26 heavy (non-hydrogen) atoms. The maximum Gasteiger partial charge on any atom is 0.161 e. The molecular formula is C22H29NO3. The second-order valence-electron chi connectivity index (χ2n) is 7.05. The summed E-state index contributed by atoms with van der Waals surface area (Å²) >= 11 is 0. The van der Waals surface area contributed by atoms with Gasteiger partial charge in [-0.3, -0.25) is 0 Å². The van der Waals surface area contributed by atoms with Gasteiger partial charge in [-0.25, -0.2) is 0 Å². The van der Waals surface area contributed by atoms with Crippen LogP contribution in [-0.2, 0) is 6.42 Å². The van der Waals surface area contributed by atoms with Crippen molar-refractivity contribution in [2.75, 3.05) is 26.9 Å². The summed E-state index contributed by atoms with van der Waals surface area (Å²) in [5.74, 6) is 3.03. The van der Waals surface area contributed by atoms with Crippen LogP contribution in [0, 0.1) is 5.92 Å². The molecule has 0 bridgehead atoms. The lowest BCUT2D eigenvalue weighted by Crippen LogP contribution is -2.30. The molecule has 4 heteroatoms. The molecule has 1 unspecified atom stereocenters. The second kappa shape index (κ2) is 8.45. The van der Waals surface area contributed by atoms with Crippen LogP contribution in [0.15, 0.2) is 36.4 Å². The molecule has 1 heterocycles. The molecule has 0 aliphatic carbocycles. The Labute approximate surface area is 156 Å². The van der Waals surface area contributed by atoms with Crippen LogP contribution >= 0.6 is 0 Å². The van der Waals surface area contributed by atoms with Crippen LogP contribution in [0.1, 0.15) is 43.5 Å². The fraction of sp³-hybridized carbons (Fsp3) is 0.455. The van der Waals surface area contributed by atoms with Gasteiger partial charge in [0.15, 0.2) is 11.5 Å². The van der Waals surface area contributed by atoms with Gasteiger partial charge in [-0.15, -0.1) is 0 Å². The van der Waals surface area contributed by atoms with Gasteiger partial charge >= 0.3 is 0 Å². The minimum Gasteiger partial charge on any atom is -0.493 e. The number of ether oxygens (including phenoxy) is 3. The Balaban J connectivity index is 1.93. The van der Waals surface area contributed by atoms with E-state index in [-0.39, 0.29) is 6.04 Å². The van der Waals surface area contributed by atoms with Crippen LogP contribution in [0.2, 0.25) is 0 Å². The van der Waals surface area contributed by atoms with Crippen molar-refractivity contribution >= 4 is 0 Å². The Bertz CT molecular complexity index is 742. The average molecular weight is 355 g/mol. The molecular weight excluding hydrogens is 326 g/mol. The van der Waals surface area contributed by atoms with E-state index in [9.17, 15) is 0 Å². The summed E-state index contributed by atoms with van der Waals surface area (Å²) in [6, 6.07) is 12.7. The molecule has 140 valence electrons. The predicted octanol–water partition coefficient (Wildman–Crippen LogP) is 4.36. The van der Waals surface area contributed by atoms with Crippen molar-refractivity contribution in [2.45, 2.75) is 33.2 Å². The Morgan fingerprint density at radius 2 is 1.96 bits per heavy atom. The second-order valence-corrected chi connectivity index (χ2v) is 7.05. The summed E-state index contributed by atoms with van der Waals surface area (Å²) in [7, 11) is 1.69. The lowest BCUT2D eigenvalue weighted by molar-refractivity contribution is 0.270. The SMILES string of the molecule is CCOc1cc2c(cc1OC)CCNC2c1cccc(OCC(C)C)c1. The largest absolute Gasteiger partial charge is 0.493 e. The highest BCUT2D eigenvalue weighted by Crippen LogP contribution is 2.38. The van der Waals surface area contributed by atoms with Gasteiger partial charge in [0.05, 0.1) is 26.4 Å². The van der Waals surface area contributed by atoms with Crippen molar-refractivity contribution in [3.05, 3.63) is 53.1 Å². The Kier molecular flexibility index (Phi) is 6.04. The fourth-order valence-electron chi connectivity index (χ4n) is 3.34. The quantitative estimate of drug-likeness (QED) is 0.801. The number of hydrogen-bond donors (Lipinski definition) is 1. The molecule has 0 spiro atoms. The summed E-state index contributed by atoms with van der Waals surface area (Å²) in [6.45, 7) is 8.59. The van der Waals surface area contributed by atoms with Crippen LogP contribution in [-0.4, -0.2) is 26.9 Å². The topological polar surface area (TPSA) is 39.7 Å². The summed E-state index contributed by atoms with van der Waals surface area (Å²) in [5, 5.41) is 3.64. The van der Waals surface area contributed by atoms with Gasteiger partial charge in [0, 0.05) is 6.54 Å². The minimum atomic E-state index is 0.131. The molecule has 4 nitrogen and oxygen atoms in total. The minimum absolute atomic E-state index is 0.131. The van der Waals surface area contributed by atoms with Crippen LogP contribution in [0.4, 0.5) is 0 Å². The van der Waals surface area contributed by atoms with Gasteiger partial charge in [0.1, 0.15) is 5.75 Å². The van der Waals surface area contributed by atoms with Crippen molar-refractivity contribution in [1.82, 2.24) is 5.32 Å². The van der Waals surface area contributed by atoms with E-state index in [1.807, 2.05) is 13.0 Å². The van der Waals surface area contributed by atoms with Gasteiger partial charge in [0.25, 0.3) is 0 Å². The molecule has 1 atom stereocenters. The number of rotatable bonds is 7. The molecule has 0 radical (unpaired) electrons. The fourth-order valence-corrected chi connectivity index (χ4v) is 3.34. The average Bonchev–Trinajstić information content (AvgIpc) is 2.66. The summed E-state index contributed by atoms with van der Waals surface area (Å²) < 4.78 is 17.2. The zero-order valence-electron chi connectivity index (χ0n) is 16.2. The van der Waals surface area contributed by atoms with E-state index in [0.29, 0.717) is 12.5 Å². The van der Waals surface area contributed by atoms with E-state index in [1.165, 1.54) is 16.7 Å². The van der Waals surface area contributed by atoms with Crippen molar-refractivity contribution in [2.24, 2.45) is 5.92 Å². The number of nitrogens with one attached hydrogen (secondary N) is 1. The molecule has 0 fully saturated rings. The van der Waals surface area contributed by atoms with Crippen LogP contribution < -0.4 is 19.5 Å². The van der Waals surface area contributed by atoms with Crippen LogP contribution in [0.5, 0.6) is 17.2 Å². The Morgan fingerprint density at radius 3 is 2.69 bits per heavy atom. The number of hydrogen-bond acceptors (Lipinski definition) is 4. The first-order valence-corrected chi connectivity index (χ1v) is 9.42. The van der Waals surface area contributed by atoms with Crippen LogP contribution in [0.25, 0.3) is 0 Å². The number of fused-ring (bicyclic) bond motifs is 1. The molecule has 3 rings (SSSR count). The van der Waals surface area contributed by atoms with Crippen molar-refractivity contribution in [3.8, 4) is 17.2 Å². The molecule has 0 saturated heterocycles. The first kappa shape index (κ1) is 18.6. The zero-order valence-corrected chi connectivity index (χ0v) is 16.2. The van der Waals surface area contributed by atoms with E-state index in [1.54, 1.807) is 7.11 Å². The molecule has 0 amide bonds. The third-order valence-electron chi connectivity index (χ3n) is 4.55. The van der Waals surface area contributed by atoms with Gasteiger partial charge in [-0.1, -0.05) is 26.0 Å². The van der Waals surface area contributed by atoms with Crippen LogP contribution in [0.3, 0.4) is 0 Å². The normalized spacial score (nSPS) is 16.3. The first-order valence-electron chi connectivity index (χ1n) is 9.42. The standard InChI is InChI=1S/C22H29NO3/c1-5-25-21-13-19-16(12-20(21)24-4)9-10-23-22(19)17-7-6-8-18(11-17)26-14-15(2)3/h6-8,11-13,15,22-23H,5,9-10,14H2,1-4H3. The molecule has 2 aromatic carbocycles. The highest BCUT2D eigenvalue weighted by molar-refractivity contribution is 5.52. The maximum absolute atomic E-state index is 5.91. The zero-order chi connectivity index (χ0) is 18.5. The Morgan fingerprint density at radius 1 is 1.12 bits per heavy atom. The lowest BCUT2D eigenvalue weighted by Gasteiger charge is -2.29. The monoisotopic (exact) mass is 355 g/mol. The maximum atomic E-state index is 5.91. The summed E-state index contributed by atoms with van der Waals surface area (Å²) in [4.78, 5) is 0. The van der Waals surface area contributed by atoms with E-state index < -0.39 is 0 Å². The third kappa shape index (κ3) is 4.13. The third-order valence-corrected chi connectivity index (χ3v) is 4.55. The van der Waals surface area contributed by atoms with E-state index in [0.717, 1.165) is 36.8 Å². The molecule has 1 aliphatic heterocycles. The number of methoxy groups -OCH3 is 1.